The van der Waals surface area contributed by atoms with Gasteiger partial charge < -0.3 is 15.3 Å². The third-order valence-corrected chi connectivity index (χ3v) is 4.16. The molecule has 2 rings (SSSR count). The number of hydrogen-bond acceptors (Lipinski definition) is 3. The third kappa shape index (κ3) is 5.25. The van der Waals surface area contributed by atoms with E-state index < -0.39 is 6.10 Å². The number of nitrogens with zero attached hydrogens (tertiary/aromatic N) is 1. The van der Waals surface area contributed by atoms with Gasteiger partial charge in [0.2, 0.25) is 0 Å². The molecule has 128 valence electrons. The molecule has 0 aromatic heterocycles. The number of urea groups is 1. The van der Waals surface area contributed by atoms with Crippen LogP contribution in [-0.2, 0) is 5.75 Å². The lowest BCUT2D eigenvalue weighted by Gasteiger charge is -2.21. The number of thioether (sulfide) groups is 1. The van der Waals surface area contributed by atoms with E-state index in [2.05, 4.69) is 5.32 Å². The van der Waals surface area contributed by atoms with Crippen LogP contribution >= 0.6 is 11.8 Å². The minimum absolute atomic E-state index is 0.113. The van der Waals surface area contributed by atoms with Crippen molar-refractivity contribution in [2.75, 3.05) is 25.2 Å². The van der Waals surface area contributed by atoms with Crippen molar-refractivity contribution in [1.29, 1.82) is 0 Å². The number of halogens is 1. The van der Waals surface area contributed by atoms with Crippen molar-refractivity contribution in [2.24, 2.45) is 0 Å². The van der Waals surface area contributed by atoms with Crippen molar-refractivity contribution < 1.29 is 14.3 Å². The molecule has 2 N–H and O–H groups in total. The van der Waals surface area contributed by atoms with Gasteiger partial charge in [0, 0.05) is 18.5 Å². The van der Waals surface area contributed by atoms with Gasteiger partial charge in [0.25, 0.3) is 0 Å². The van der Waals surface area contributed by atoms with Gasteiger partial charge in [-0.2, -0.15) is 11.8 Å². The predicted octanol–water partition coefficient (Wildman–Crippen LogP) is 3.89. The number of nitrogens with one attached hydrogen (secondary N) is 1. The van der Waals surface area contributed by atoms with E-state index in [0.29, 0.717) is 5.56 Å². The Balaban J connectivity index is 1.94. The highest BCUT2D eigenvalue weighted by atomic mass is 32.2. The molecule has 1 unspecified atom stereocenters. The maximum atomic E-state index is 12.9. The molecule has 4 nitrogen and oxygen atoms in total. The number of rotatable bonds is 6. The Morgan fingerprint density at radius 1 is 1.29 bits per heavy atom. The molecule has 0 aliphatic rings. The molecule has 0 bridgehead atoms. The molecule has 0 radical (unpaired) electrons. The van der Waals surface area contributed by atoms with Crippen LogP contribution in [-0.4, -0.2) is 35.9 Å². The lowest BCUT2D eigenvalue weighted by molar-refractivity contribution is 0.136. The van der Waals surface area contributed by atoms with Gasteiger partial charge in [-0.1, -0.05) is 24.3 Å². The SMILES string of the molecule is CSCc1cccc(NC(=O)N(C)CC(O)c2ccc(F)cc2)c1. The van der Waals surface area contributed by atoms with E-state index in [0.717, 1.165) is 17.0 Å². The van der Waals surface area contributed by atoms with E-state index in [1.54, 1.807) is 18.8 Å². The molecule has 0 aliphatic heterocycles. The zero-order valence-corrected chi connectivity index (χ0v) is 14.5. The fraction of sp³-hybridized carbons (Fsp3) is 0.278. The fourth-order valence-corrected chi connectivity index (χ4v) is 2.77. The molecule has 2 aromatic carbocycles. The molecule has 0 saturated heterocycles. The second kappa shape index (κ2) is 8.70. The third-order valence-electron chi connectivity index (χ3n) is 3.54. The molecule has 0 fully saturated rings. The summed E-state index contributed by atoms with van der Waals surface area (Å²) in [7, 11) is 1.60. The van der Waals surface area contributed by atoms with E-state index in [9.17, 15) is 14.3 Å². The van der Waals surface area contributed by atoms with Gasteiger partial charge in [-0.05, 0) is 41.6 Å². The van der Waals surface area contributed by atoms with E-state index >= 15 is 0 Å². The summed E-state index contributed by atoms with van der Waals surface area (Å²) in [4.78, 5) is 13.6. The van der Waals surface area contributed by atoms with Gasteiger partial charge in [0.1, 0.15) is 5.82 Å². The second-order valence-electron chi connectivity index (χ2n) is 5.51. The number of carbonyl (C=O) groups is 1. The van der Waals surface area contributed by atoms with Crippen LogP contribution in [0.2, 0.25) is 0 Å². The number of anilines is 1. The monoisotopic (exact) mass is 348 g/mol. The first kappa shape index (κ1) is 18.3. The van der Waals surface area contributed by atoms with Gasteiger partial charge in [-0.25, -0.2) is 9.18 Å². The van der Waals surface area contributed by atoms with E-state index in [4.69, 9.17) is 0 Å². The van der Waals surface area contributed by atoms with Crippen molar-refractivity contribution in [3.63, 3.8) is 0 Å². The summed E-state index contributed by atoms with van der Waals surface area (Å²) >= 11 is 1.71. The summed E-state index contributed by atoms with van der Waals surface area (Å²) < 4.78 is 12.9. The molecular formula is C18H21FN2O2S. The standard InChI is InChI=1S/C18H21FN2O2S/c1-21(11-17(22)14-6-8-15(19)9-7-14)18(23)20-16-5-3-4-13(10-16)12-24-2/h3-10,17,22H,11-12H2,1-2H3,(H,20,23). The summed E-state index contributed by atoms with van der Waals surface area (Å²) in [6.45, 7) is 0.113. The first-order valence-corrected chi connectivity index (χ1v) is 8.92. The summed E-state index contributed by atoms with van der Waals surface area (Å²) in [6.07, 6.45) is 1.15. The lowest BCUT2D eigenvalue weighted by Crippen LogP contribution is -2.34. The molecule has 1 atom stereocenters. The van der Waals surface area contributed by atoms with Crippen molar-refractivity contribution in [3.05, 3.63) is 65.5 Å². The first-order valence-electron chi connectivity index (χ1n) is 7.53. The number of carbonyl (C=O) groups excluding carboxylic acids is 1. The number of aliphatic hydroxyl groups excluding tert-OH is 1. The van der Waals surface area contributed by atoms with Crippen molar-refractivity contribution in [2.45, 2.75) is 11.9 Å². The van der Waals surface area contributed by atoms with Gasteiger partial charge in [-0.3, -0.25) is 0 Å². The summed E-state index contributed by atoms with van der Waals surface area (Å²) in [6, 6.07) is 13.0. The van der Waals surface area contributed by atoms with Crippen LogP contribution in [0.4, 0.5) is 14.9 Å². The van der Waals surface area contributed by atoms with Crippen LogP contribution in [0.15, 0.2) is 48.5 Å². The topological polar surface area (TPSA) is 52.6 Å². The zero-order chi connectivity index (χ0) is 17.5. The van der Waals surface area contributed by atoms with Crippen molar-refractivity contribution in [1.82, 2.24) is 4.90 Å². The molecule has 0 aliphatic carbocycles. The van der Waals surface area contributed by atoms with Crippen LogP contribution in [0.5, 0.6) is 0 Å². The highest BCUT2D eigenvalue weighted by Gasteiger charge is 2.15. The zero-order valence-electron chi connectivity index (χ0n) is 13.7. The Bertz CT molecular complexity index is 679. The molecule has 24 heavy (non-hydrogen) atoms. The number of aliphatic hydroxyl groups is 1. The average molecular weight is 348 g/mol. The van der Waals surface area contributed by atoms with E-state index in [1.807, 2.05) is 30.5 Å². The second-order valence-corrected chi connectivity index (χ2v) is 6.38. The number of likely N-dealkylation sites (N-methyl/N-ethyl adjacent to an activating group) is 1. The van der Waals surface area contributed by atoms with Crippen LogP contribution in [0.3, 0.4) is 0 Å². The molecular weight excluding hydrogens is 327 g/mol. The molecule has 0 spiro atoms. The van der Waals surface area contributed by atoms with Crippen LogP contribution in [0.1, 0.15) is 17.2 Å². The Hall–Kier alpha value is -2.05. The van der Waals surface area contributed by atoms with Gasteiger partial charge in [0.05, 0.1) is 12.6 Å². The van der Waals surface area contributed by atoms with Gasteiger partial charge in [0.15, 0.2) is 0 Å². The van der Waals surface area contributed by atoms with E-state index in [1.165, 1.54) is 29.2 Å². The van der Waals surface area contributed by atoms with E-state index in [-0.39, 0.29) is 18.4 Å². The Kier molecular flexibility index (Phi) is 6.63. The van der Waals surface area contributed by atoms with Crippen LogP contribution in [0, 0.1) is 5.82 Å². The summed E-state index contributed by atoms with van der Waals surface area (Å²) in [5, 5.41) is 13.0. The number of benzene rings is 2. The maximum absolute atomic E-state index is 12.9. The Morgan fingerprint density at radius 3 is 2.67 bits per heavy atom. The lowest BCUT2D eigenvalue weighted by atomic mass is 10.1. The fourth-order valence-electron chi connectivity index (χ4n) is 2.26. The first-order chi connectivity index (χ1) is 11.5. The molecule has 0 heterocycles. The van der Waals surface area contributed by atoms with Gasteiger partial charge >= 0.3 is 6.03 Å². The largest absolute Gasteiger partial charge is 0.387 e. The number of hydrogen-bond donors (Lipinski definition) is 2. The highest BCUT2D eigenvalue weighted by molar-refractivity contribution is 7.97. The summed E-state index contributed by atoms with van der Waals surface area (Å²) in [5.41, 5.74) is 2.42. The molecule has 6 heteroatoms. The Labute approximate surface area is 145 Å². The molecule has 0 saturated carbocycles. The highest BCUT2D eigenvalue weighted by Crippen LogP contribution is 2.17. The normalized spacial score (nSPS) is 11.8. The van der Waals surface area contributed by atoms with Crippen molar-refractivity contribution in [3.8, 4) is 0 Å². The maximum Gasteiger partial charge on any atom is 0.321 e. The Morgan fingerprint density at radius 2 is 2.00 bits per heavy atom. The van der Waals surface area contributed by atoms with Crippen molar-refractivity contribution >= 4 is 23.5 Å². The smallest absolute Gasteiger partial charge is 0.321 e. The summed E-state index contributed by atoms with van der Waals surface area (Å²) in [5.74, 6) is 0.519. The molecule has 2 aromatic rings. The number of amides is 2. The average Bonchev–Trinajstić information content (AvgIpc) is 2.56. The minimum atomic E-state index is -0.871. The van der Waals surface area contributed by atoms with Crippen LogP contribution in [0.25, 0.3) is 0 Å². The minimum Gasteiger partial charge on any atom is -0.387 e. The van der Waals surface area contributed by atoms with Crippen LogP contribution < -0.4 is 5.32 Å². The molecule has 2 amide bonds. The van der Waals surface area contributed by atoms with Gasteiger partial charge in [-0.15, -0.1) is 0 Å². The predicted molar refractivity (Wildman–Crippen MR) is 96.7 cm³/mol. The quantitative estimate of drug-likeness (QED) is 0.833.